The third-order valence-electron chi connectivity index (χ3n) is 4.74. The molecule has 1 saturated heterocycles. The minimum Gasteiger partial charge on any atom is -0.457 e. The lowest BCUT2D eigenvalue weighted by Crippen LogP contribution is -2.36. The molecule has 7 heteroatoms. The van der Waals surface area contributed by atoms with E-state index in [1.807, 2.05) is 24.3 Å². The number of carbonyl (C=O) groups is 1. The van der Waals surface area contributed by atoms with Gasteiger partial charge in [-0.3, -0.25) is 4.79 Å². The van der Waals surface area contributed by atoms with Crippen molar-refractivity contribution in [1.82, 2.24) is 0 Å². The molecular formula is C23H20Cl2N2O3. The first-order chi connectivity index (χ1) is 14.6. The van der Waals surface area contributed by atoms with Gasteiger partial charge in [0.15, 0.2) is 0 Å². The molecule has 3 aromatic rings. The maximum absolute atomic E-state index is 12.5. The number of hydrogen-bond acceptors (Lipinski definition) is 4. The van der Waals surface area contributed by atoms with Crippen LogP contribution in [0.2, 0.25) is 10.0 Å². The van der Waals surface area contributed by atoms with Crippen LogP contribution in [0.15, 0.2) is 65.1 Å². The predicted molar refractivity (Wildman–Crippen MR) is 121 cm³/mol. The summed E-state index contributed by atoms with van der Waals surface area (Å²) in [4.78, 5) is 14.7. The zero-order chi connectivity index (χ0) is 20.9. The van der Waals surface area contributed by atoms with Gasteiger partial charge in [-0.1, -0.05) is 35.3 Å². The van der Waals surface area contributed by atoms with Gasteiger partial charge >= 0.3 is 0 Å². The van der Waals surface area contributed by atoms with Crippen LogP contribution in [0, 0.1) is 0 Å². The molecule has 0 aliphatic carbocycles. The van der Waals surface area contributed by atoms with Gasteiger partial charge < -0.3 is 19.4 Å². The van der Waals surface area contributed by atoms with E-state index in [0.717, 1.165) is 30.0 Å². The number of furan rings is 1. The summed E-state index contributed by atoms with van der Waals surface area (Å²) in [5, 5.41) is 4.01. The van der Waals surface area contributed by atoms with Gasteiger partial charge in [0.1, 0.15) is 11.5 Å². The second-order valence-electron chi connectivity index (χ2n) is 6.77. The molecular weight excluding hydrogens is 423 g/mol. The van der Waals surface area contributed by atoms with Crippen molar-refractivity contribution in [2.75, 3.05) is 36.5 Å². The van der Waals surface area contributed by atoms with Crippen LogP contribution in [-0.4, -0.2) is 32.2 Å². The number of hydrogen-bond donors (Lipinski definition) is 1. The van der Waals surface area contributed by atoms with Gasteiger partial charge in [0.2, 0.25) is 5.91 Å². The number of amides is 1. The van der Waals surface area contributed by atoms with E-state index in [1.54, 1.807) is 36.4 Å². The number of carbonyl (C=O) groups excluding carboxylic acids is 1. The third-order valence-corrected chi connectivity index (χ3v) is 5.28. The van der Waals surface area contributed by atoms with Crippen LogP contribution in [0.3, 0.4) is 0 Å². The maximum atomic E-state index is 12.5. The zero-order valence-corrected chi connectivity index (χ0v) is 17.6. The van der Waals surface area contributed by atoms with Crippen LogP contribution >= 0.6 is 23.2 Å². The van der Waals surface area contributed by atoms with Gasteiger partial charge in [0.05, 0.1) is 29.6 Å². The van der Waals surface area contributed by atoms with Crippen LogP contribution in [0.5, 0.6) is 0 Å². The van der Waals surface area contributed by atoms with E-state index in [4.69, 9.17) is 32.4 Å². The summed E-state index contributed by atoms with van der Waals surface area (Å²) in [5.41, 5.74) is 2.49. The molecule has 0 saturated carbocycles. The zero-order valence-electron chi connectivity index (χ0n) is 16.1. The highest BCUT2D eigenvalue weighted by molar-refractivity contribution is 6.36. The summed E-state index contributed by atoms with van der Waals surface area (Å²) in [7, 11) is 0. The summed E-state index contributed by atoms with van der Waals surface area (Å²) in [6.07, 6.45) is 3.07. The Morgan fingerprint density at radius 1 is 1.03 bits per heavy atom. The van der Waals surface area contributed by atoms with E-state index in [2.05, 4.69) is 10.2 Å². The topological polar surface area (TPSA) is 54.7 Å². The molecule has 0 spiro atoms. The molecule has 1 N–H and O–H groups in total. The maximum Gasteiger partial charge on any atom is 0.248 e. The van der Waals surface area contributed by atoms with Crippen molar-refractivity contribution in [3.63, 3.8) is 0 Å². The Kier molecular flexibility index (Phi) is 6.43. The van der Waals surface area contributed by atoms with Gasteiger partial charge in [0.25, 0.3) is 0 Å². The first-order valence-corrected chi connectivity index (χ1v) is 10.3. The Morgan fingerprint density at radius 2 is 1.83 bits per heavy atom. The minimum absolute atomic E-state index is 0.238. The summed E-state index contributed by atoms with van der Waals surface area (Å²) in [6, 6.07) is 16.6. The monoisotopic (exact) mass is 442 g/mol. The number of morpholine rings is 1. The van der Waals surface area contributed by atoms with Crippen molar-refractivity contribution in [2.24, 2.45) is 0 Å². The van der Waals surface area contributed by atoms with Crippen LogP contribution in [0.25, 0.3) is 17.4 Å². The van der Waals surface area contributed by atoms with Gasteiger partial charge in [-0.25, -0.2) is 0 Å². The smallest absolute Gasteiger partial charge is 0.248 e. The molecule has 2 aromatic carbocycles. The quantitative estimate of drug-likeness (QED) is 0.511. The van der Waals surface area contributed by atoms with E-state index in [9.17, 15) is 4.79 Å². The molecule has 0 bridgehead atoms. The molecule has 2 heterocycles. The van der Waals surface area contributed by atoms with Crippen LogP contribution in [-0.2, 0) is 9.53 Å². The van der Waals surface area contributed by atoms with Crippen LogP contribution in [0.1, 0.15) is 5.76 Å². The van der Waals surface area contributed by atoms with E-state index < -0.39 is 0 Å². The molecule has 0 radical (unpaired) electrons. The summed E-state index contributed by atoms with van der Waals surface area (Å²) >= 11 is 12.2. The van der Waals surface area contributed by atoms with E-state index >= 15 is 0 Å². The minimum atomic E-state index is -0.238. The van der Waals surface area contributed by atoms with E-state index in [-0.39, 0.29) is 5.91 Å². The highest BCUT2D eigenvalue weighted by Crippen LogP contribution is 2.32. The first kappa shape index (κ1) is 20.5. The summed E-state index contributed by atoms with van der Waals surface area (Å²) in [6.45, 7) is 2.96. The molecule has 0 unspecified atom stereocenters. The number of rotatable bonds is 5. The lowest BCUT2D eigenvalue weighted by Gasteiger charge is -2.30. The molecule has 1 aromatic heterocycles. The Morgan fingerprint density at radius 3 is 2.63 bits per heavy atom. The molecule has 1 amide bonds. The molecule has 1 fully saturated rings. The number of para-hydroxylation sites is 2. The fourth-order valence-electron chi connectivity index (χ4n) is 3.27. The molecule has 1 aliphatic rings. The Hall–Kier alpha value is -2.73. The largest absolute Gasteiger partial charge is 0.457 e. The average molecular weight is 443 g/mol. The molecule has 1 aliphatic heterocycles. The number of halogens is 2. The third kappa shape index (κ3) is 4.87. The van der Waals surface area contributed by atoms with Crippen molar-refractivity contribution in [2.45, 2.75) is 0 Å². The van der Waals surface area contributed by atoms with Gasteiger partial charge in [-0.05, 0) is 48.5 Å². The molecule has 4 rings (SSSR count). The molecule has 0 atom stereocenters. The van der Waals surface area contributed by atoms with Crippen molar-refractivity contribution < 1.29 is 13.9 Å². The summed E-state index contributed by atoms with van der Waals surface area (Å²) < 4.78 is 11.2. The molecule has 154 valence electrons. The normalized spacial score (nSPS) is 14.3. The van der Waals surface area contributed by atoms with Crippen LogP contribution < -0.4 is 10.2 Å². The van der Waals surface area contributed by atoms with Gasteiger partial charge in [-0.2, -0.15) is 0 Å². The molecule has 5 nitrogen and oxygen atoms in total. The Balaban J connectivity index is 1.44. The lowest BCUT2D eigenvalue weighted by atomic mass is 10.2. The lowest BCUT2D eigenvalue weighted by molar-refractivity contribution is -0.111. The highest BCUT2D eigenvalue weighted by Gasteiger charge is 2.15. The highest BCUT2D eigenvalue weighted by atomic mass is 35.5. The van der Waals surface area contributed by atoms with Gasteiger partial charge in [-0.15, -0.1) is 0 Å². The molecule has 30 heavy (non-hydrogen) atoms. The van der Waals surface area contributed by atoms with Crippen molar-refractivity contribution in [3.05, 3.63) is 76.5 Å². The number of benzene rings is 2. The van der Waals surface area contributed by atoms with E-state index in [1.165, 1.54) is 6.08 Å². The Bertz CT molecular complexity index is 1070. The van der Waals surface area contributed by atoms with Gasteiger partial charge in [0, 0.05) is 29.8 Å². The SMILES string of the molecule is O=C(/C=C/c1ccc(-c2ccc(Cl)cc2Cl)o1)Nc1ccccc1N1CCOCC1. The standard InChI is InChI=1S/C23H20Cl2N2O3/c24-16-5-8-18(19(25)15-16)22-9-6-17(30-22)7-10-23(28)26-20-3-1-2-4-21(20)27-11-13-29-14-12-27/h1-10,15H,11-14H2,(H,26,28)/b10-7+. The number of anilines is 2. The second-order valence-corrected chi connectivity index (χ2v) is 7.61. The number of ether oxygens (including phenoxy) is 1. The average Bonchev–Trinajstić information content (AvgIpc) is 3.22. The Labute approximate surface area is 184 Å². The van der Waals surface area contributed by atoms with Crippen molar-refractivity contribution in [1.29, 1.82) is 0 Å². The van der Waals surface area contributed by atoms with E-state index in [0.29, 0.717) is 34.8 Å². The fraction of sp³-hybridized carbons (Fsp3) is 0.174. The first-order valence-electron chi connectivity index (χ1n) is 9.56. The van der Waals surface area contributed by atoms with Crippen LogP contribution in [0.4, 0.5) is 11.4 Å². The van der Waals surface area contributed by atoms with Crippen molar-refractivity contribution >= 4 is 46.6 Å². The number of nitrogens with one attached hydrogen (secondary N) is 1. The second kappa shape index (κ2) is 9.39. The number of nitrogens with zero attached hydrogens (tertiary/aromatic N) is 1. The predicted octanol–water partition coefficient (Wildman–Crippen LogP) is 5.74. The summed E-state index contributed by atoms with van der Waals surface area (Å²) in [5.74, 6) is 0.917. The van der Waals surface area contributed by atoms with Crippen molar-refractivity contribution in [3.8, 4) is 11.3 Å². The fourth-order valence-corrected chi connectivity index (χ4v) is 3.77.